The van der Waals surface area contributed by atoms with Crippen molar-refractivity contribution in [2.24, 2.45) is 0 Å². The fraction of sp³-hybridized carbons (Fsp3) is 0.348. The molecule has 0 saturated carbocycles. The minimum Gasteiger partial charge on any atom is -0.472 e. The van der Waals surface area contributed by atoms with E-state index in [1.807, 2.05) is 19.9 Å². The normalized spacial score (nSPS) is 17.9. The molecule has 1 aliphatic heterocycles. The van der Waals surface area contributed by atoms with Crippen LogP contribution in [0.4, 0.5) is 13.2 Å². The highest BCUT2D eigenvalue weighted by Gasteiger charge is 2.32. The van der Waals surface area contributed by atoms with E-state index in [0.29, 0.717) is 17.1 Å². The van der Waals surface area contributed by atoms with Crippen LogP contribution in [0, 0.1) is 6.92 Å². The lowest BCUT2D eigenvalue weighted by atomic mass is 10.0. The SMILES string of the molecule is C[C@@H]1NCCC[C@H]1Oc1ncc(C(F)(F)F)cc1Cl.Cc1ccnc(C=O)c1-c1ncccn1. The molecule has 7 nitrogen and oxygen atoms in total. The monoisotopic (exact) mass is 493 g/mol. The first-order valence-corrected chi connectivity index (χ1v) is 10.9. The molecule has 0 unspecified atom stereocenters. The molecule has 11 heteroatoms. The van der Waals surface area contributed by atoms with Crippen molar-refractivity contribution in [2.45, 2.75) is 45.0 Å². The number of rotatable bonds is 4. The number of aromatic nitrogens is 4. The topological polar surface area (TPSA) is 89.9 Å². The first kappa shape index (κ1) is 25.5. The van der Waals surface area contributed by atoms with Gasteiger partial charge in [-0.1, -0.05) is 11.6 Å². The quantitative estimate of drug-likeness (QED) is 0.515. The van der Waals surface area contributed by atoms with Gasteiger partial charge in [-0.25, -0.2) is 15.0 Å². The zero-order chi connectivity index (χ0) is 24.7. The van der Waals surface area contributed by atoms with Gasteiger partial charge in [-0.15, -0.1) is 0 Å². The summed E-state index contributed by atoms with van der Waals surface area (Å²) in [5.74, 6) is 0.584. The van der Waals surface area contributed by atoms with Crippen LogP contribution in [0.25, 0.3) is 11.4 Å². The molecule has 3 aromatic rings. The lowest BCUT2D eigenvalue weighted by Gasteiger charge is -2.30. The molecule has 180 valence electrons. The maximum absolute atomic E-state index is 12.5. The van der Waals surface area contributed by atoms with Crippen LogP contribution < -0.4 is 10.1 Å². The van der Waals surface area contributed by atoms with Crippen LogP contribution in [-0.2, 0) is 6.18 Å². The summed E-state index contributed by atoms with van der Waals surface area (Å²) in [7, 11) is 0. The van der Waals surface area contributed by atoms with Crippen LogP contribution in [0.5, 0.6) is 5.88 Å². The van der Waals surface area contributed by atoms with Gasteiger partial charge in [0.1, 0.15) is 16.8 Å². The Hall–Kier alpha value is -3.11. The highest BCUT2D eigenvalue weighted by molar-refractivity contribution is 6.31. The lowest BCUT2D eigenvalue weighted by Crippen LogP contribution is -2.45. The van der Waals surface area contributed by atoms with E-state index in [1.54, 1.807) is 24.7 Å². The van der Waals surface area contributed by atoms with E-state index in [-0.39, 0.29) is 23.0 Å². The fourth-order valence-corrected chi connectivity index (χ4v) is 3.58. The Morgan fingerprint density at radius 1 is 1.18 bits per heavy atom. The molecule has 4 heterocycles. The number of hydrogen-bond donors (Lipinski definition) is 1. The van der Waals surface area contributed by atoms with Crippen LogP contribution in [-0.4, -0.2) is 44.9 Å². The number of nitrogens with zero attached hydrogens (tertiary/aromatic N) is 4. The van der Waals surface area contributed by atoms with Crippen LogP contribution in [0.2, 0.25) is 5.02 Å². The predicted molar refractivity (Wildman–Crippen MR) is 121 cm³/mol. The minimum absolute atomic E-state index is 0.0511. The molecule has 0 aromatic carbocycles. The maximum atomic E-state index is 12.5. The van der Waals surface area contributed by atoms with Gasteiger partial charge in [0, 0.05) is 30.8 Å². The third-order valence-electron chi connectivity index (χ3n) is 5.18. The fourth-order valence-electron chi connectivity index (χ4n) is 3.37. The first-order chi connectivity index (χ1) is 16.2. The van der Waals surface area contributed by atoms with Gasteiger partial charge in [-0.3, -0.25) is 9.78 Å². The second-order valence-corrected chi connectivity index (χ2v) is 8.04. The second kappa shape index (κ2) is 11.3. The van der Waals surface area contributed by atoms with Crippen molar-refractivity contribution in [3.63, 3.8) is 0 Å². The second-order valence-electron chi connectivity index (χ2n) is 7.63. The number of aryl methyl sites for hydroxylation is 1. The molecular formula is C23H23ClF3N5O2. The average molecular weight is 494 g/mol. The number of nitrogens with one attached hydrogen (secondary N) is 1. The number of piperidine rings is 1. The van der Waals surface area contributed by atoms with Crippen LogP contribution in [0.15, 0.2) is 43.0 Å². The molecule has 0 bridgehead atoms. The standard InChI is InChI=1S/C12H14ClF3N2O.C11H9N3O/c1-7-10(3-2-4-17-7)19-11-9(13)5-8(6-18-11)12(14,15)16;1-8-3-6-12-9(7-15)10(8)11-13-4-2-5-14-11/h5-7,10,17H,2-4H2,1H3;2-7H,1H3/t7-,10+;/m0./s1. The Kier molecular flexibility index (Phi) is 8.51. The van der Waals surface area contributed by atoms with E-state index in [2.05, 4.69) is 25.3 Å². The molecule has 0 aliphatic carbocycles. The smallest absolute Gasteiger partial charge is 0.417 e. The van der Waals surface area contributed by atoms with Crippen LogP contribution in [0.3, 0.4) is 0 Å². The van der Waals surface area contributed by atoms with E-state index >= 15 is 0 Å². The first-order valence-electron chi connectivity index (χ1n) is 10.5. The van der Waals surface area contributed by atoms with Gasteiger partial charge in [-0.2, -0.15) is 13.2 Å². The number of aldehydes is 1. The third-order valence-corrected chi connectivity index (χ3v) is 5.45. The van der Waals surface area contributed by atoms with Gasteiger partial charge in [0.2, 0.25) is 5.88 Å². The number of alkyl halides is 3. The summed E-state index contributed by atoms with van der Waals surface area (Å²) in [6, 6.07) is 4.52. The molecule has 1 saturated heterocycles. The maximum Gasteiger partial charge on any atom is 0.417 e. The van der Waals surface area contributed by atoms with Gasteiger partial charge in [0.05, 0.1) is 11.1 Å². The van der Waals surface area contributed by atoms with Gasteiger partial charge < -0.3 is 10.1 Å². The average Bonchev–Trinajstić information content (AvgIpc) is 2.82. The summed E-state index contributed by atoms with van der Waals surface area (Å²) >= 11 is 5.79. The summed E-state index contributed by atoms with van der Waals surface area (Å²) in [5, 5.41) is 3.11. The van der Waals surface area contributed by atoms with E-state index in [9.17, 15) is 18.0 Å². The van der Waals surface area contributed by atoms with E-state index < -0.39 is 11.7 Å². The molecule has 0 spiro atoms. The molecule has 3 aromatic heterocycles. The van der Waals surface area contributed by atoms with Gasteiger partial charge >= 0.3 is 6.18 Å². The number of carbonyl (C=O) groups is 1. The minimum atomic E-state index is -4.45. The number of halogens is 4. The van der Waals surface area contributed by atoms with E-state index in [0.717, 1.165) is 43.5 Å². The molecule has 1 fully saturated rings. The summed E-state index contributed by atoms with van der Waals surface area (Å²) in [6.45, 7) is 4.78. The molecule has 0 amide bonds. The Balaban J connectivity index is 0.000000196. The Labute approximate surface area is 199 Å². The summed E-state index contributed by atoms with van der Waals surface area (Å²) in [6.07, 6.45) is 3.55. The molecule has 0 radical (unpaired) electrons. The molecule has 34 heavy (non-hydrogen) atoms. The number of pyridine rings is 2. The number of carbonyl (C=O) groups excluding carboxylic acids is 1. The van der Waals surface area contributed by atoms with Crippen molar-refractivity contribution < 1.29 is 22.7 Å². The van der Waals surface area contributed by atoms with Crippen molar-refractivity contribution >= 4 is 17.9 Å². The lowest BCUT2D eigenvalue weighted by molar-refractivity contribution is -0.137. The molecule has 1 N–H and O–H groups in total. The van der Waals surface area contributed by atoms with Crippen molar-refractivity contribution in [1.82, 2.24) is 25.3 Å². The van der Waals surface area contributed by atoms with Crippen molar-refractivity contribution in [3.8, 4) is 17.3 Å². The largest absolute Gasteiger partial charge is 0.472 e. The predicted octanol–water partition coefficient (Wildman–Crippen LogP) is 4.93. The Morgan fingerprint density at radius 3 is 2.53 bits per heavy atom. The number of ether oxygens (including phenoxy) is 1. The Bertz CT molecular complexity index is 1120. The summed E-state index contributed by atoms with van der Waals surface area (Å²) < 4.78 is 43.0. The Morgan fingerprint density at radius 2 is 1.91 bits per heavy atom. The molecule has 4 rings (SSSR count). The molecular weight excluding hydrogens is 471 g/mol. The van der Waals surface area contributed by atoms with Crippen LogP contribution in [0.1, 0.15) is 41.4 Å². The molecule has 1 aliphatic rings. The summed E-state index contributed by atoms with van der Waals surface area (Å²) in [4.78, 5) is 26.7. The third kappa shape index (κ3) is 6.48. The van der Waals surface area contributed by atoms with Crippen molar-refractivity contribution in [1.29, 1.82) is 0 Å². The zero-order valence-corrected chi connectivity index (χ0v) is 19.3. The van der Waals surface area contributed by atoms with Crippen molar-refractivity contribution in [3.05, 3.63) is 64.8 Å². The van der Waals surface area contributed by atoms with E-state index in [4.69, 9.17) is 16.3 Å². The number of hydrogen-bond acceptors (Lipinski definition) is 7. The van der Waals surface area contributed by atoms with Crippen LogP contribution >= 0.6 is 11.6 Å². The van der Waals surface area contributed by atoms with Gasteiger partial charge in [0.25, 0.3) is 0 Å². The summed E-state index contributed by atoms with van der Waals surface area (Å²) in [5.41, 5.74) is 1.15. The highest BCUT2D eigenvalue weighted by atomic mass is 35.5. The van der Waals surface area contributed by atoms with Crippen molar-refractivity contribution in [2.75, 3.05) is 6.54 Å². The zero-order valence-electron chi connectivity index (χ0n) is 18.5. The molecule has 2 atom stereocenters. The van der Waals surface area contributed by atoms with E-state index in [1.165, 1.54) is 0 Å². The van der Waals surface area contributed by atoms with Gasteiger partial charge in [-0.05, 0) is 57.0 Å². The van der Waals surface area contributed by atoms with Gasteiger partial charge in [0.15, 0.2) is 12.1 Å². The highest BCUT2D eigenvalue weighted by Crippen LogP contribution is 2.33.